The van der Waals surface area contributed by atoms with Gasteiger partial charge in [-0.2, -0.15) is 0 Å². The normalized spacial score (nSPS) is 10.7. The molecule has 4 aromatic rings. The van der Waals surface area contributed by atoms with Gasteiger partial charge in [-0.1, -0.05) is 23.7 Å². The Morgan fingerprint density at radius 3 is 1.37 bits per heavy atom. The summed E-state index contributed by atoms with van der Waals surface area (Å²) in [6, 6.07) is 25.6. The molecule has 0 bridgehead atoms. The lowest BCUT2D eigenvalue weighted by molar-refractivity contribution is 0.475. The predicted octanol–water partition coefficient (Wildman–Crippen LogP) is 6.15. The second-order valence-corrected chi connectivity index (χ2v) is 6.66. The maximum absolute atomic E-state index is 9.56. The van der Waals surface area contributed by atoms with E-state index in [9.17, 15) is 10.2 Å². The Morgan fingerprint density at radius 2 is 0.926 bits per heavy atom. The van der Waals surface area contributed by atoms with E-state index >= 15 is 0 Å². The van der Waals surface area contributed by atoms with E-state index in [4.69, 9.17) is 16.6 Å². The van der Waals surface area contributed by atoms with Crippen LogP contribution in [0.5, 0.6) is 11.5 Å². The number of aromatic nitrogens is 1. The van der Waals surface area contributed by atoms with Gasteiger partial charge in [0.1, 0.15) is 11.5 Å². The standard InChI is InChI=1S/C23H16ClNO2/c24-19-7-1-15(2-8-19)18-13-22(16-3-9-20(26)10-4-16)25-23(14-18)17-5-11-21(27)12-6-17/h1-14,26-27H. The number of phenols is 2. The van der Waals surface area contributed by atoms with Crippen molar-refractivity contribution < 1.29 is 10.2 Å². The van der Waals surface area contributed by atoms with Crippen LogP contribution in [0.4, 0.5) is 0 Å². The van der Waals surface area contributed by atoms with Crippen LogP contribution in [0.25, 0.3) is 33.6 Å². The highest BCUT2D eigenvalue weighted by Gasteiger charge is 2.09. The van der Waals surface area contributed by atoms with E-state index in [1.807, 2.05) is 60.7 Å². The zero-order chi connectivity index (χ0) is 18.8. The lowest BCUT2D eigenvalue weighted by atomic mass is 10.00. The summed E-state index contributed by atoms with van der Waals surface area (Å²) in [4.78, 5) is 4.79. The SMILES string of the molecule is Oc1ccc(-c2cc(-c3ccc(Cl)cc3)cc(-c3ccc(O)cc3)n2)cc1. The van der Waals surface area contributed by atoms with E-state index in [-0.39, 0.29) is 11.5 Å². The van der Waals surface area contributed by atoms with Crippen LogP contribution in [0.1, 0.15) is 0 Å². The molecule has 0 atom stereocenters. The first kappa shape index (κ1) is 17.1. The minimum absolute atomic E-state index is 0.214. The van der Waals surface area contributed by atoms with Crippen LogP contribution in [0.15, 0.2) is 84.9 Å². The van der Waals surface area contributed by atoms with E-state index in [1.165, 1.54) is 0 Å². The van der Waals surface area contributed by atoms with Gasteiger partial charge < -0.3 is 10.2 Å². The van der Waals surface area contributed by atoms with Gasteiger partial charge in [0.05, 0.1) is 11.4 Å². The summed E-state index contributed by atoms with van der Waals surface area (Å²) in [6.07, 6.45) is 0. The van der Waals surface area contributed by atoms with Crippen LogP contribution in [-0.2, 0) is 0 Å². The number of nitrogens with zero attached hydrogens (tertiary/aromatic N) is 1. The van der Waals surface area contributed by atoms with Crippen molar-refractivity contribution in [2.24, 2.45) is 0 Å². The number of phenolic OH excluding ortho intramolecular Hbond substituents is 2. The molecule has 0 saturated carbocycles. The Kier molecular flexibility index (Phi) is 4.53. The molecule has 1 aromatic heterocycles. The number of rotatable bonds is 3. The maximum Gasteiger partial charge on any atom is 0.115 e. The van der Waals surface area contributed by atoms with Gasteiger partial charge in [-0.15, -0.1) is 0 Å². The molecule has 132 valence electrons. The highest BCUT2D eigenvalue weighted by Crippen LogP contribution is 2.31. The average molecular weight is 374 g/mol. The van der Waals surface area contributed by atoms with Gasteiger partial charge in [0.15, 0.2) is 0 Å². The highest BCUT2D eigenvalue weighted by atomic mass is 35.5. The van der Waals surface area contributed by atoms with Crippen molar-refractivity contribution in [1.82, 2.24) is 4.98 Å². The van der Waals surface area contributed by atoms with E-state index in [0.717, 1.165) is 33.6 Å². The third-order valence-corrected chi connectivity index (χ3v) is 4.58. The summed E-state index contributed by atoms with van der Waals surface area (Å²) in [5, 5.41) is 19.8. The molecule has 0 aliphatic rings. The monoisotopic (exact) mass is 373 g/mol. The third kappa shape index (κ3) is 3.78. The number of halogens is 1. The number of hydrogen-bond acceptors (Lipinski definition) is 3. The molecule has 0 unspecified atom stereocenters. The molecule has 0 amide bonds. The number of aromatic hydroxyl groups is 2. The molecule has 3 nitrogen and oxygen atoms in total. The number of benzene rings is 3. The smallest absolute Gasteiger partial charge is 0.115 e. The van der Waals surface area contributed by atoms with Gasteiger partial charge in [-0.25, -0.2) is 4.98 Å². The largest absolute Gasteiger partial charge is 0.508 e. The molecule has 4 rings (SSSR count). The van der Waals surface area contributed by atoms with Gasteiger partial charge >= 0.3 is 0 Å². The Labute approximate surface area is 162 Å². The lowest BCUT2D eigenvalue weighted by Crippen LogP contribution is -1.91. The first-order valence-corrected chi connectivity index (χ1v) is 8.83. The Bertz CT molecular complexity index is 919. The van der Waals surface area contributed by atoms with Crippen LogP contribution < -0.4 is 0 Å². The number of pyridine rings is 1. The molecule has 0 aliphatic heterocycles. The summed E-state index contributed by atoms with van der Waals surface area (Å²) >= 11 is 6.02. The fourth-order valence-electron chi connectivity index (χ4n) is 2.90. The van der Waals surface area contributed by atoms with Crippen molar-refractivity contribution in [2.45, 2.75) is 0 Å². The summed E-state index contributed by atoms with van der Waals surface area (Å²) < 4.78 is 0. The molecule has 3 aromatic carbocycles. The minimum Gasteiger partial charge on any atom is -0.508 e. The van der Waals surface area contributed by atoms with E-state index in [1.54, 1.807) is 24.3 Å². The van der Waals surface area contributed by atoms with E-state index in [0.29, 0.717) is 5.02 Å². The Hall–Kier alpha value is -3.30. The molecule has 2 N–H and O–H groups in total. The molecular formula is C23H16ClNO2. The number of hydrogen-bond donors (Lipinski definition) is 2. The fourth-order valence-corrected chi connectivity index (χ4v) is 3.03. The molecular weight excluding hydrogens is 358 g/mol. The van der Waals surface area contributed by atoms with Gasteiger partial charge in [-0.3, -0.25) is 0 Å². The Morgan fingerprint density at radius 1 is 0.519 bits per heavy atom. The lowest BCUT2D eigenvalue weighted by Gasteiger charge is -2.10. The van der Waals surface area contributed by atoms with Gasteiger partial charge in [0, 0.05) is 16.1 Å². The molecule has 1 heterocycles. The predicted molar refractivity (Wildman–Crippen MR) is 109 cm³/mol. The summed E-state index contributed by atoms with van der Waals surface area (Å²) in [5.41, 5.74) is 5.44. The zero-order valence-corrected chi connectivity index (χ0v) is 15.1. The second-order valence-electron chi connectivity index (χ2n) is 6.23. The third-order valence-electron chi connectivity index (χ3n) is 4.33. The summed E-state index contributed by atoms with van der Waals surface area (Å²) in [7, 11) is 0. The van der Waals surface area contributed by atoms with Crippen molar-refractivity contribution in [1.29, 1.82) is 0 Å². The van der Waals surface area contributed by atoms with Crippen LogP contribution in [0.3, 0.4) is 0 Å². The van der Waals surface area contributed by atoms with E-state index < -0.39 is 0 Å². The molecule has 0 spiro atoms. The van der Waals surface area contributed by atoms with Crippen LogP contribution >= 0.6 is 11.6 Å². The molecule has 4 heteroatoms. The Balaban J connectivity index is 1.89. The van der Waals surface area contributed by atoms with Crippen LogP contribution in [-0.4, -0.2) is 15.2 Å². The topological polar surface area (TPSA) is 53.4 Å². The van der Waals surface area contributed by atoms with Crippen molar-refractivity contribution in [3.63, 3.8) is 0 Å². The molecule has 0 saturated heterocycles. The van der Waals surface area contributed by atoms with Crippen LogP contribution in [0.2, 0.25) is 5.02 Å². The maximum atomic E-state index is 9.56. The first-order valence-electron chi connectivity index (χ1n) is 8.45. The summed E-state index contributed by atoms with van der Waals surface area (Å²) in [5.74, 6) is 0.428. The van der Waals surface area contributed by atoms with Gasteiger partial charge in [0.25, 0.3) is 0 Å². The molecule has 0 radical (unpaired) electrons. The van der Waals surface area contributed by atoms with E-state index in [2.05, 4.69) is 0 Å². The minimum atomic E-state index is 0.214. The van der Waals surface area contributed by atoms with Gasteiger partial charge in [-0.05, 0) is 83.9 Å². The zero-order valence-electron chi connectivity index (χ0n) is 14.3. The quantitative estimate of drug-likeness (QED) is 0.453. The van der Waals surface area contributed by atoms with Crippen molar-refractivity contribution in [2.75, 3.05) is 0 Å². The van der Waals surface area contributed by atoms with Crippen molar-refractivity contribution in [3.05, 3.63) is 90.0 Å². The highest BCUT2D eigenvalue weighted by molar-refractivity contribution is 6.30. The first-order chi connectivity index (χ1) is 13.1. The average Bonchev–Trinajstić information content (AvgIpc) is 2.69. The molecule has 27 heavy (non-hydrogen) atoms. The molecule has 0 fully saturated rings. The van der Waals surface area contributed by atoms with Crippen molar-refractivity contribution >= 4 is 11.6 Å². The summed E-state index contributed by atoms with van der Waals surface area (Å²) in [6.45, 7) is 0. The fraction of sp³-hybridized carbons (Fsp3) is 0. The van der Waals surface area contributed by atoms with Crippen LogP contribution in [0, 0.1) is 0 Å². The molecule has 0 aliphatic carbocycles. The van der Waals surface area contributed by atoms with Gasteiger partial charge in [0.2, 0.25) is 0 Å². The second kappa shape index (κ2) is 7.14. The van der Waals surface area contributed by atoms with Crippen molar-refractivity contribution in [3.8, 4) is 45.1 Å².